The SMILES string of the molecule is CCOC(=O)c1cccc(NC(=O)C(CCS(C)(=O)=O)N2Cc3ccccc3C2=O)c1. The van der Waals surface area contributed by atoms with Crippen molar-refractivity contribution in [2.75, 3.05) is 23.9 Å². The van der Waals surface area contributed by atoms with Crippen molar-refractivity contribution in [3.05, 3.63) is 65.2 Å². The van der Waals surface area contributed by atoms with Crippen molar-refractivity contribution in [2.24, 2.45) is 0 Å². The van der Waals surface area contributed by atoms with Crippen molar-refractivity contribution >= 4 is 33.3 Å². The minimum absolute atomic E-state index is 0.0397. The minimum atomic E-state index is -3.34. The molecule has 1 unspecified atom stereocenters. The second-order valence-electron chi connectivity index (χ2n) is 7.32. The molecule has 0 aliphatic carbocycles. The summed E-state index contributed by atoms with van der Waals surface area (Å²) < 4.78 is 28.4. The summed E-state index contributed by atoms with van der Waals surface area (Å²) in [5, 5.41) is 2.70. The number of carbonyl (C=O) groups excluding carboxylic acids is 3. The summed E-state index contributed by atoms with van der Waals surface area (Å²) >= 11 is 0. The van der Waals surface area contributed by atoms with E-state index in [0.717, 1.165) is 11.8 Å². The van der Waals surface area contributed by atoms with Crippen LogP contribution < -0.4 is 5.32 Å². The highest BCUT2D eigenvalue weighted by molar-refractivity contribution is 7.90. The average molecular weight is 445 g/mol. The van der Waals surface area contributed by atoms with Gasteiger partial charge in [0.25, 0.3) is 5.91 Å². The van der Waals surface area contributed by atoms with Gasteiger partial charge in [-0.1, -0.05) is 24.3 Å². The molecule has 3 rings (SSSR count). The molecule has 0 spiro atoms. The lowest BCUT2D eigenvalue weighted by atomic mass is 10.1. The van der Waals surface area contributed by atoms with Crippen molar-refractivity contribution < 1.29 is 27.5 Å². The maximum atomic E-state index is 13.1. The molecule has 1 aliphatic rings. The highest BCUT2D eigenvalue weighted by Gasteiger charge is 2.36. The average Bonchev–Trinajstić information content (AvgIpc) is 3.04. The van der Waals surface area contributed by atoms with E-state index in [9.17, 15) is 22.8 Å². The van der Waals surface area contributed by atoms with E-state index in [-0.39, 0.29) is 36.8 Å². The largest absolute Gasteiger partial charge is 0.462 e. The summed E-state index contributed by atoms with van der Waals surface area (Å²) in [6.07, 6.45) is 1.05. The first-order chi connectivity index (χ1) is 14.7. The Hall–Kier alpha value is -3.20. The zero-order valence-corrected chi connectivity index (χ0v) is 18.1. The van der Waals surface area contributed by atoms with Gasteiger partial charge >= 0.3 is 5.97 Å². The molecule has 2 aromatic carbocycles. The Balaban J connectivity index is 1.83. The third-order valence-electron chi connectivity index (χ3n) is 4.93. The molecule has 9 heteroatoms. The van der Waals surface area contributed by atoms with Gasteiger partial charge in [-0.2, -0.15) is 0 Å². The fourth-order valence-corrected chi connectivity index (χ4v) is 4.10. The highest BCUT2D eigenvalue weighted by Crippen LogP contribution is 2.26. The van der Waals surface area contributed by atoms with Crippen molar-refractivity contribution in [3.63, 3.8) is 0 Å². The maximum Gasteiger partial charge on any atom is 0.338 e. The topological polar surface area (TPSA) is 110 Å². The molecular formula is C22H24N2O6S. The third kappa shape index (κ3) is 5.49. The summed E-state index contributed by atoms with van der Waals surface area (Å²) in [5.74, 6) is -1.60. The molecule has 1 aliphatic heterocycles. The van der Waals surface area contributed by atoms with E-state index in [0.29, 0.717) is 11.3 Å². The standard InChI is InChI=1S/C22H24N2O6S/c1-3-30-22(27)15-8-6-9-17(13-15)23-20(25)19(11-12-31(2,28)29)24-14-16-7-4-5-10-18(16)21(24)26/h4-10,13,19H,3,11-12,14H2,1-2H3,(H,23,25). The first-order valence-corrected chi connectivity index (χ1v) is 11.9. The molecule has 0 aromatic heterocycles. The van der Waals surface area contributed by atoms with Gasteiger partial charge in [-0.25, -0.2) is 13.2 Å². The Morgan fingerprint density at radius 3 is 2.58 bits per heavy atom. The first-order valence-electron chi connectivity index (χ1n) is 9.84. The van der Waals surface area contributed by atoms with Gasteiger partial charge in [0.15, 0.2) is 0 Å². The molecule has 8 nitrogen and oxygen atoms in total. The number of hydrogen-bond acceptors (Lipinski definition) is 6. The van der Waals surface area contributed by atoms with Crippen molar-refractivity contribution in [3.8, 4) is 0 Å². The normalized spacial score (nSPS) is 14.1. The van der Waals surface area contributed by atoms with Crippen LogP contribution in [0.1, 0.15) is 39.6 Å². The van der Waals surface area contributed by atoms with E-state index in [1.54, 1.807) is 37.3 Å². The smallest absolute Gasteiger partial charge is 0.338 e. The lowest BCUT2D eigenvalue weighted by Crippen LogP contribution is -2.45. The Bertz CT molecular complexity index is 1110. The molecule has 164 valence electrons. The van der Waals surface area contributed by atoms with Crippen molar-refractivity contribution in [2.45, 2.75) is 25.9 Å². The quantitative estimate of drug-likeness (QED) is 0.626. The summed E-state index contributed by atoms with van der Waals surface area (Å²) in [5.41, 5.74) is 1.92. The molecule has 2 amide bonds. The zero-order chi connectivity index (χ0) is 22.6. The van der Waals surface area contributed by atoms with Crippen LogP contribution in [0.15, 0.2) is 48.5 Å². The van der Waals surface area contributed by atoms with Gasteiger partial charge < -0.3 is 15.0 Å². The number of fused-ring (bicyclic) bond motifs is 1. The van der Waals surface area contributed by atoms with Crippen LogP contribution in [0.4, 0.5) is 5.69 Å². The van der Waals surface area contributed by atoms with E-state index in [4.69, 9.17) is 4.74 Å². The molecule has 0 fully saturated rings. The maximum absolute atomic E-state index is 13.1. The third-order valence-corrected chi connectivity index (χ3v) is 5.91. The van der Waals surface area contributed by atoms with Gasteiger partial charge in [0.2, 0.25) is 5.91 Å². The first kappa shape index (κ1) is 22.5. The Labute approximate surface area is 181 Å². The van der Waals surface area contributed by atoms with E-state index < -0.39 is 27.8 Å². The van der Waals surface area contributed by atoms with Crippen LogP contribution in [-0.2, 0) is 25.9 Å². The molecule has 0 saturated heterocycles. The summed E-state index contributed by atoms with van der Waals surface area (Å²) in [7, 11) is -3.34. The summed E-state index contributed by atoms with van der Waals surface area (Å²) in [4.78, 5) is 39.3. The molecule has 0 saturated carbocycles. The highest BCUT2D eigenvalue weighted by atomic mass is 32.2. The van der Waals surface area contributed by atoms with E-state index in [1.165, 1.54) is 11.0 Å². The monoisotopic (exact) mass is 444 g/mol. The van der Waals surface area contributed by atoms with Crippen LogP contribution >= 0.6 is 0 Å². The van der Waals surface area contributed by atoms with E-state index >= 15 is 0 Å². The number of rotatable bonds is 8. The lowest BCUT2D eigenvalue weighted by molar-refractivity contribution is -0.120. The number of esters is 1. The fourth-order valence-electron chi connectivity index (χ4n) is 3.45. The number of sulfone groups is 1. The molecule has 0 bridgehead atoms. The number of carbonyl (C=O) groups is 3. The van der Waals surface area contributed by atoms with Gasteiger partial charge in [0, 0.05) is 24.1 Å². The van der Waals surface area contributed by atoms with Gasteiger partial charge in [-0.3, -0.25) is 9.59 Å². The minimum Gasteiger partial charge on any atom is -0.462 e. The Morgan fingerprint density at radius 1 is 1.16 bits per heavy atom. The molecule has 2 aromatic rings. The van der Waals surface area contributed by atoms with Crippen LogP contribution in [0.2, 0.25) is 0 Å². The van der Waals surface area contributed by atoms with Crippen molar-refractivity contribution in [1.29, 1.82) is 0 Å². The van der Waals surface area contributed by atoms with Crippen LogP contribution in [0.5, 0.6) is 0 Å². The number of nitrogens with one attached hydrogen (secondary N) is 1. The number of anilines is 1. The predicted octanol–water partition coefficient (Wildman–Crippen LogP) is 2.26. The van der Waals surface area contributed by atoms with Crippen LogP contribution in [-0.4, -0.2) is 55.8 Å². The van der Waals surface area contributed by atoms with Crippen LogP contribution in [0.25, 0.3) is 0 Å². The fraction of sp³-hybridized carbons (Fsp3) is 0.318. The van der Waals surface area contributed by atoms with E-state index in [2.05, 4.69) is 5.32 Å². The van der Waals surface area contributed by atoms with Crippen LogP contribution in [0, 0.1) is 0 Å². The van der Waals surface area contributed by atoms with Crippen molar-refractivity contribution in [1.82, 2.24) is 4.90 Å². The van der Waals surface area contributed by atoms with Crippen LogP contribution in [0.3, 0.4) is 0 Å². The zero-order valence-electron chi connectivity index (χ0n) is 17.3. The number of amides is 2. The number of hydrogen-bond donors (Lipinski definition) is 1. The molecule has 0 radical (unpaired) electrons. The van der Waals surface area contributed by atoms with Gasteiger partial charge in [-0.15, -0.1) is 0 Å². The lowest BCUT2D eigenvalue weighted by Gasteiger charge is -2.27. The van der Waals surface area contributed by atoms with Gasteiger partial charge in [0.1, 0.15) is 15.9 Å². The number of ether oxygens (including phenoxy) is 1. The number of benzene rings is 2. The second kappa shape index (κ2) is 9.30. The molecule has 1 heterocycles. The van der Waals surface area contributed by atoms with Gasteiger partial charge in [0.05, 0.1) is 17.9 Å². The summed E-state index contributed by atoms with van der Waals surface area (Å²) in [6, 6.07) is 12.3. The number of nitrogens with zero attached hydrogens (tertiary/aromatic N) is 1. The molecule has 31 heavy (non-hydrogen) atoms. The molecular weight excluding hydrogens is 420 g/mol. The molecule has 1 atom stereocenters. The molecule has 1 N–H and O–H groups in total. The Kier molecular flexibility index (Phi) is 6.74. The summed E-state index contributed by atoms with van der Waals surface area (Å²) in [6.45, 7) is 2.14. The Morgan fingerprint density at radius 2 is 1.90 bits per heavy atom. The predicted molar refractivity (Wildman–Crippen MR) is 115 cm³/mol. The van der Waals surface area contributed by atoms with E-state index in [1.807, 2.05) is 12.1 Å². The second-order valence-corrected chi connectivity index (χ2v) is 9.57. The van der Waals surface area contributed by atoms with Gasteiger partial charge in [-0.05, 0) is 43.2 Å².